The summed E-state index contributed by atoms with van der Waals surface area (Å²) in [4.78, 5) is 13.9. The van der Waals surface area contributed by atoms with Crippen molar-refractivity contribution in [2.24, 2.45) is 0 Å². The first-order chi connectivity index (χ1) is 9.16. The Labute approximate surface area is 114 Å². The Balaban J connectivity index is 1.87. The highest BCUT2D eigenvalue weighted by Gasteiger charge is 2.17. The molecule has 2 N–H and O–H groups in total. The Morgan fingerprint density at radius 1 is 1.63 bits per heavy atom. The van der Waals surface area contributed by atoms with Gasteiger partial charge in [-0.05, 0) is 39.5 Å². The summed E-state index contributed by atoms with van der Waals surface area (Å²) < 4.78 is 1.91. The van der Waals surface area contributed by atoms with Crippen LogP contribution in [0.15, 0.2) is 12.3 Å². The monoisotopic (exact) mass is 265 g/mol. The lowest BCUT2D eigenvalue weighted by Crippen LogP contribution is -2.33. The summed E-state index contributed by atoms with van der Waals surface area (Å²) in [6.45, 7) is 3.49. The van der Waals surface area contributed by atoms with E-state index in [2.05, 4.69) is 15.7 Å². The number of likely N-dealkylation sites (N-methyl/N-ethyl adjacent to an activating group) is 1. The summed E-state index contributed by atoms with van der Waals surface area (Å²) in [5.74, 6) is -0.0932. The molecule has 6 heteroatoms. The number of rotatable bonds is 5. The first kappa shape index (κ1) is 14.0. The normalized spacial score (nSPS) is 19.6. The smallest absolute Gasteiger partial charge is 0.271 e. The molecule has 1 saturated heterocycles. The van der Waals surface area contributed by atoms with Crippen molar-refractivity contribution < 1.29 is 4.79 Å². The zero-order valence-electron chi connectivity index (χ0n) is 11.7. The van der Waals surface area contributed by atoms with E-state index in [1.54, 1.807) is 6.07 Å². The lowest BCUT2D eigenvalue weighted by atomic mass is 10.1. The fraction of sp³-hybridized carbons (Fsp3) is 0.692. The van der Waals surface area contributed by atoms with Crippen molar-refractivity contribution in [1.29, 1.82) is 0 Å². The molecule has 1 atom stereocenters. The van der Waals surface area contributed by atoms with Crippen LogP contribution in [0.1, 0.15) is 29.4 Å². The van der Waals surface area contributed by atoms with E-state index >= 15 is 0 Å². The van der Waals surface area contributed by atoms with Crippen molar-refractivity contribution in [3.8, 4) is 0 Å². The molecule has 1 aliphatic heterocycles. The molecule has 106 valence electrons. The van der Waals surface area contributed by atoms with Crippen molar-refractivity contribution in [3.63, 3.8) is 0 Å². The standard InChI is InChI=1S/C13H23N5O/c1-17(2)9-7-15-13(19)12-5-8-18(16-12)11-4-3-6-14-10-11/h5,8,11,14H,3-4,6-7,9-10H2,1-2H3,(H,15,19). The average Bonchev–Trinajstić information content (AvgIpc) is 2.89. The first-order valence-corrected chi connectivity index (χ1v) is 6.85. The molecule has 6 nitrogen and oxygen atoms in total. The Morgan fingerprint density at radius 3 is 3.16 bits per heavy atom. The van der Waals surface area contributed by atoms with Gasteiger partial charge in [-0.1, -0.05) is 0 Å². The van der Waals surface area contributed by atoms with Crippen molar-refractivity contribution in [2.75, 3.05) is 40.3 Å². The number of carbonyl (C=O) groups is 1. The average molecular weight is 265 g/mol. The maximum absolute atomic E-state index is 11.9. The number of hydrogen-bond donors (Lipinski definition) is 2. The van der Waals surface area contributed by atoms with E-state index in [1.165, 1.54) is 0 Å². The lowest BCUT2D eigenvalue weighted by Gasteiger charge is -2.22. The maximum Gasteiger partial charge on any atom is 0.271 e. The van der Waals surface area contributed by atoms with E-state index in [-0.39, 0.29) is 5.91 Å². The van der Waals surface area contributed by atoms with E-state index in [0.717, 1.165) is 32.5 Å². The predicted molar refractivity (Wildman–Crippen MR) is 74.3 cm³/mol. The second-order valence-corrected chi connectivity index (χ2v) is 5.24. The number of amides is 1. The molecule has 19 heavy (non-hydrogen) atoms. The molecule has 0 saturated carbocycles. The number of piperidine rings is 1. The molecule has 0 aromatic carbocycles. The molecule has 0 aliphatic carbocycles. The van der Waals surface area contributed by atoms with Gasteiger partial charge in [0.1, 0.15) is 5.69 Å². The van der Waals surface area contributed by atoms with Crippen LogP contribution in [-0.4, -0.2) is 60.9 Å². The minimum Gasteiger partial charge on any atom is -0.349 e. The molecule has 1 aliphatic rings. The number of aromatic nitrogens is 2. The van der Waals surface area contributed by atoms with E-state index in [4.69, 9.17) is 0 Å². The topological polar surface area (TPSA) is 62.2 Å². The van der Waals surface area contributed by atoms with E-state index in [0.29, 0.717) is 18.3 Å². The van der Waals surface area contributed by atoms with Crippen LogP contribution < -0.4 is 10.6 Å². The molecule has 1 aromatic heterocycles. The van der Waals surface area contributed by atoms with Crippen LogP contribution in [0.2, 0.25) is 0 Å². The number of nitrogens with one attached hydrogen (secondary N) is 2. The number of carbonyl (C=O) groups excluding carboxylic acids is 1. The van der Waals surface area contributed by atoms with Gasteiger partial charge >= 0.3 is 0 Å². The Bertz CT molecular complexity index is 409. The third-order valence-electron chi connectivity index (χ3n) is 3.33. The lowest BCUT2D eigenvalue weighted by molar-refractivity contribution is 0.0944. The van der Waals surface area contributed by atoms with E-state index in [1.807, 2.05) is 29.9 Å². The summed E-state index contributed by atoms with van der Waals surface area (Å²) >= 11 is 0. The number of hydrogen-bond acceptors (Lipinski definition) is 4. The SMILES string of the molecule is CN(C)CCNC(=O)c1ccn(C2CCCNC2)n1. The van der Waals surface area contributed by atoms with Crippen LogP contribution >= 0.6 is 0 Å². The Kier molecular flexibility index (Phi) is 4.93. The fourth-order valence-electron chi connectivity index (χ4n) is 2.21. The van der Waals surface area contributed by atoms with Gasteiger partial charge in [-0.15, -0.1) is 0 Å². The van der Waals surface area contributed by atoms with Gasteiger partial charge in [0.2, 0.25) is 0 Å². The zero-order chi connectivity index (χ0) is 13.7. The molecule has 0 spiro atoms. The van der Waals surface area contributed by atoms with Crippen LogP contribution in [0.3, 0.4) is 0 Å². The second-order valence-electron chi connectivity index (χ2n) is 5.24. The summed E-state index contributed by atoms with van der Waals surface area (Å²) in [6, 6.07) is 2.16. The zero-order valence-corrected chi connectivity index (χ0v) is 11.7. The van der Waals surface area contributed by atoms with Crippen molar-refractivity contribution >= 4 is 5.91 Å². The van der Waals surface area contributed by atoms with Crippen LogP contribution in [0.5, 0.6) is 0 Å². The van der Waals surface area contributed by atoms with Gasteiger partial charge in [0.25, 0.3) is 5.91 Å². The van der Waals surface area contributed by atoms with Gasteiger partial charge in [-0.3, -0.25) is 9.48 Å². The fourth-order valence-corrected chi connectivity index (χ4v) is 2.21. The molecule has 0 radical (unpaired) electrons. The van der Waals surface area contributed by atoms with Crippen LogP contribution in [0.25, 0.3) is 0 Å². The largest absolute Gasteiger partial charge is 0.349 e. The Morgan fingerprint density at radius 2 is 2.47 bits per heavy atom. The van der Waals surface area contributed by atoms with E-state index < -0.39 is 0 Å². The Hall–Kier alpha value is -1.40. The highest BCUT2D eigenvalue weighted by atomic mass is 16.1. The quantitative estimate of drug-likeness (QED) is 0.792. The first-order valence-electron chi connectivity index (χ1n) is 6.85. The highest BCUT2D eigenvalue weighted by Crippen LogP contribution is 2.15. The van der Waals surface area contributed by atoms with Crippen molar-refractivity contribution in [3.05, 3.63) is 18.0 Å². The molecule has 1 unspecified atom stereocenters. The molecule has 2 heterocycles. The molecule has 1 aromatic rings. The van der Waals surface area contributed by atoms with Crippen molar-refractivity contribution in [2.45, 2.75) is 18.9 Å². The second kappa shape index (κ2) is 6.68. The molecular weight excluding hydrogens is 242 g/mol. The van der Waals surface area contributed by atoms with E-state index in [9.17, 15) is 4.79 Å². The molecule has 1 fully saturated rings. The van der Waals surface area contributed by atoms with Crippen LogP contribution in [-0.2, 0) is 0 Å². The minimum absolute atomic E-state index is 0.0932. The van der Waals surface area contributed by atoms with Crippen LogP contribution in [0.4, 0.5) is 0 Å². The van der Waals surface area contributed by atoms with Crippen molar-refractivity contribution in [1.82, 2.24) is 25.3 Å². The minimum atomic E-state index is -0.0932. The van der Waals surface area contributed by atoms with Gasteiger partial charge in [0.05, 0.1) is 6.04 Å². The van der Waals surface area contributed by atoms with Gasteiger partial charge in [-0.2, -0.15) is 5.10 Å². The third-order valence-corrected chi connectivity index (χ3v) is 3.33. The maximum atomic E-state index is 11.9. The number of nitrogens with zero attached hydrogens (tertiary/aromatic N) is 3. The summed E-state index contributed by atoms with van der Waals surface area (Å²) in [7, 11) is 3.97. The summed E-state index contributed by atoms with van der Waals surface area (Å²) in [5.41, 5.74) is 0.504. The highest BCUT2D eigenvalue weighted by molar-refractivity contribution is 5.92. The molecular formula is C13H23N5O. The van der Waals surface area contributed by atoms with Gasteiger partial charge in [0.15, 0.2) is 0 Å². The van der Waals surface area contributed by atoms with Crippen LogP contribution in [0, 0.1) is 0 Å². The van der Waals surface area contributed by atoms with Gasteiger partial charge in [0, 0.05) is 25.8 Å². The van der Waals surface area contributed by atoms with Gasteiger partial charge < -0.3 is 15.5 Å². The molecule has 2 rings (SSSR count). The summed E-state index contributed by atoms with van der Waals surface area (Å²) in [6.07, 6.45) is 4.18. The third kappa shape index (κ3) is 4.04. The molecule has 1 amide bonds. The summed E-state index contributed by atoms with van der Waals surface area (Å²) in [5, 5.41) is 10.6. The predicted octanol–water partition coefficient (Wildman–Crippen LogP) is 0.0990. The van der Waals surface area contributed by atoms with Gasteiger partial charge in [-0.25, -0.2) is 0 Å². The molecule has 0 bridgehead atoms.